The lowest BCUT2D eigenvalue weighted by Gasteiger charge is -2.40. The summed E-state index contributed by atoms with van der Waals surface area (Å²) in [4.78, 5) is 59.4. The highest BCUT2D eigenvalue weighted by Gasteiger charge is 2.37. The van der Waals surface area contributed by atoms with E-state index in [0.717, 1.165) is 65.5 Å². The molecule has 7 rings (SSSR count). The zero-order valence-electron chi connectivity index (χ0n) is 31.8. The molecule has 1 atom stereocenters. The zero-order valence-corrected chi connectivity index (χ0v) is 32.6. The van der Waals surface area contributed by atoms with E-state index in [2.05, 4.69) is 5.32 Å². The van der Waals surface area contributed by atoms with Crippen LogP contribution in [0.4, 0.5) is 15.3 Å². The van der Waals surface area contributed by atoms with Crippen molar-refractivity contribution in [3.63, 3.8) is 0 Å². The second-order valence-corrected chi connectivity index (χ2v) is 17.7. The Kier molecular flexibility index (Phi) is 10.8. The topological polar surface area (TPSA) is 146 Å². The van der Waals surface area contributed by atoms with Gasteiger partial charge in [0.2, 0.25) is 10.0 Å². The van der Waals surface area contributed by atoms with Gasteiger partial charge in [0, 0.05) is 78.1 Å². The first-order valence-corrected chi connectivity index (χ1v) is 21.1. The minimum atomic E-state index is -3.19. The maximum atomic E-state index is 14.3. The molecule has 4 aliphatic heterocycles. The largest absolute Gasteiger partial charge is 0.436 e. The van der Waals surface area contributed by atoms with Crippen molar-refractivity contribution < 1.29 is 27.5 Å². The van der Waals surface area contributed by atoms with Crippen molar-refractivity contribution in [3.05, 3.63) is 63.6 Å². The van der Waals surface area contributed by atoms with Crippen LogP contribution >= 0.6 is 0 Å². The van der Waals surface area contributed by atoms with Crippen molar-refractivity contribution in [2.45, 2.75) is 70.4 Å². The third-order valence-electron chi connectivity index (χ3n) is 12.3. The second-order valence-electron chi connectivity index (χ2n) is 15.7. The lowest BCUT2D eigenvalue weighted by Crippen LogP contribution is -2.52. The molecule has 292 valence electrons. The van der Waals surface area contributed by atoms with E-state index in [0.29, 0.717) is 70.5 Å². The smallest absolute Gasteiger partial charge is 0.410 e. The van der Waals surface area contributed by atoms with Gasteiger partial charge in [0.25, 0.3) is 5.91 Å². The lowest BCUT2D eigenvalue weighted by molar-refractivity contribution is -0.142. The van der Waals surface area contributed by atoms with Crippen LogP contribution in [-0.4, -0.2) is 119 Å². The van der Waals surface area contributed by atoms with Gasteiger partial charge in [0.1, 0.15) is 0 Å². The molecule has 1 aromatic heterocycles. The van der Waals surface area contributed by atoms with Gasteiger partial charge in [-0.1, -0.05) is 24.3 Å². The predicted octanol–water partition coefficient (Wildman–Crippen LogP) is 3.70. The molecule has 0 radical (unpaired) electrons. The minimum Gasteiger partial charge on any atom is -0.436 e. The number of nitrogens with zero attached hydrogens (tertiary/aromatic N) is 6. The summed E-state index contributed by atoms with van der Waals surface area (Å²) < 4.78 is 34.9. The number of rotatable bonds is 7. The molecule has 0 saturated carbocycles. The van der Waals surface area contributed by atoms with Crippen LogP contribution in [0.5, 0.6) is 0 Å². The predicted molar refractivity (Wildman–Crippen MR) is 206 cm³/mol. The van der Waals surface area contributed by atoms with Crippen LogP contribution in [0.3, 0.4) is 0 Å². The summed E-state index contributed by atoms with van der Waals surface area (Å²) in [5.74, 6) is 0.590. The number of aryl methyl sites for hydroxylation is 3. The van der Waals surface area contributed by atoms with E-state index in [-0.39, 0.29) is 30.1 Å². The molecule has 0 aliphatic carbocycles. The molecule has 2 aromatic carbocycles. The number of carbonyl (C=O) groups excluding carboxylic acids is 3. The standard InChI is InChI=1S/C39H53N7O7S/c1-26-23-27(24-33-35(26)42(3)38(49)41(33)2)25-34(36(47)43-16-9-28(10-17-43)29-11-20-45(21-12-29)54(4,51)52)53-39(50)44-18-14-31(15-19-44)46-22-13-30-7-5-6-8-32(30)40-37(46)48/h5-8,23-24,28-29,31,34H,9-22,25H2,1-4H3,(H,40,48)/t34-/m1/s1. The Hall–Kier alpha value is -4.37. The van der Waals surface area contributed by atoms with Crippen molar-refractivity contribution in [1.82, 2.24) is 28.1 Å². The molecule has 1 N–H and O–H groups in total. The van der Waals surface area contributed by atoms with E-state index >= 15 is 0 Å². The van der Waals surface area contributed by atoms with Crippen molar-refractivity contribution in [2.24, 2.45) is 25.9 Å². The number of para-hydroxylation sites is 1. The molecule has 3 fully saturated rings. The second kappa shape index (κ2) is 15.4. The number of hydrogen-bond acceptors (Lipinski definition) is 7. The van der Waals surface area contributed by atoms with Crippen LogP contribution in [0.25, 0.3) is 11.0 Å². The third-order valence-corrected chi connectivity index (χ3v) is 13.6. The Morgan fingerprint density at radius 2 is 1.48 bits per heavy atom. The third kappa shape index (κ3) is 7.75. The maximum Gasteiger partial charge on any atom is 0.410 e. The molecule has 4 amide bonds. The van der Waals surface area contributed by atoms with Gasteiger partial charge in [-0.15, -0.1) is 0 Å². The number of carbonyl (C=O) groups is 3. The molecular weight excluding hydrogens is 711 g/mol. The van der Waals surface area contributed by atoms with Crippen molar-refractivity contribution in [2.75, 3.05) is 57.4 Å². The van der Waals surface area contributed by atoms with Crippen molar-refractivity contribution in [1.29, 1.82) is 0 Å². The maximum absolute atomic E-state index is 14.3. The van der Waals surface area contributed by atoms with Crippen LogP contribution in [0, 0.1) is 18.8 Å². The number of piperidine rings is 3. The van der Waals surface area contributed by atoms with Gasteiger partial charge in [-0.05, 0) is 92.5 Å². The first-order chi connectivity index (χ1) is 25.8. The average molecular weight is 764 g/mol. The Morgan fingerprint density at radius 1 is 0.852 bits per heavy atom. The van der Waals surface area contributed by atoms with Crippen LogP contribution in [0.2, 0.25) is 0 Å². The molecule has 5 heterocycles. The van der Waals surface area contributed by atoms with Gasteiger partial charge < -0.3 is 24.8 Å². The number of fused-ring (bicyclic) bond motifs is 2. The number of amides is 4. The van der Waals surface area contributed by atoms with Crippen LogP contribution in [0.1, 0.15) is 55.2 Å². The van der Waals surface area contributed by atoms with E-state index in [4.69, 9.17) is 4.74 Å². The molecule has 3 saturated heterocycles. The molecule has 54 heavy (non-hydrogen) atoms. The lowest BCUT2D eigenvalue weighted by atomic mass is 9.79. The molecule has 14 nitrogen and oxygen atoms in total. The van der Waals surface area contributed by atoms with E-state index in [1.54, 1.807) is 32.4 Å². The number of hydrogen-bond donors (Lipinski definition) is 1. The fourth-order valence-electron chi connectivity index (χ4n) is 9.23. The van der Waals surface area contributed by atoms with Crippen LogP contribution < -0.4 is 11.0 Å². The molecule has 0 bridgehead atoms. The van der Waals surface area contributed by atoms with E-state index in [1.807, 2.05) is 53.1 Å². The minimum absolute atomic E-state index is 0.0204. The van der Waals surface area contributed by atoms with Gasteiger partial charge in [0.15, 0.2) is 6.10 Å². The van der Waals surface area contributed by atoms with Crippen LogP contribution in [-0.2, 0) is 46.5 Å². The fraction of sp³-hybridized carbons (Fsp3) is 0.590. The summed E-state index contributed by atoms with van der Waals surface area (Å²) in [5.41, 5.74) is 5.07. The fourth-order valence-corrected chi connectivity index (χ4v) is 10.1. The number of ether oxygens (including phenoxy) is 1. The quantitative estimate of drug-likeness (QED) is 0.387. The number of aromatic nitrogens is 2. The number of urea groups is 1. The van der Waals surface area contributed by atoms with Crippen LogP contribution in [0.15, 0.2) is 41.2 Å². The first kappa shape index (κ1) is 37.9. The monoisotopic (exact) mass is 763 g/mol. The highest BCUT2D eigenvalue weighted by Crippen LogP contribution is 2.34. The number of anilines is 1. The molecule has 0 unspecified atom stereocenters. The van der Waals surface area contributed by atoms with Crippen molar-refractivity contribution in [3.8, 4) is 0 Å². The summed E-state index contributed by atoms with van der Waals surface area (Å²) >= 11 is 0. The number of sulfonamides is 1. The van der Waals surface area contributed by atoms with Gasteiger partial charge >= 0.3 is 17.8 Å². The molecule has 3 aromatic rings. The zero-order chi connectivity index (χ0) is 38.3. The summed E-state index contributed by atoms with van der Waals surface area (Å²) in [6.45, 7) is 5.51. The summed E-state index contributed by atoms with van der Waals surface area (Å²) in [6.07, 6.45) is 5.06. The SMILES string of the molecule is Cc1cc(C[C@@H](OC(=O)N2CCC(N3CCc4ccccc4NC3=O)CC2)C(=O)N2CCC(C3CCN(S(C)(=O)=O)CC3)CC2)cc2c1n(C)c(=O)n2C. The number of imidazole rings is 1. The number of likely N-dealkylation sites (tertiary alicyclic amines) is 2. The van der Waals surface area contributed by atoms with Gasteiger partial charge in [-0.25, -0.2) is 27.1 Å². The highest BCUT2D eigenvalue weighted by molar-refractivity contribution is 7.88. The Bertz CT molecular complexity index is 2070. The van der Waals surface area contributed by atoms with E-state index in [1.165, 1.54) is 6.26 Å². The van der Waals surface area contributed by atoms with Gasteiger partial charge in [0.05, 0.1) is 17.3 Å². The van der Waals surface area contributed by atoms with Gasteiger partial charge in [-0.3, -0.25) is 13.9 Å². The molecule has 0 spiro atoms. The Labute approximate surface area is 317 Å². The Morgan fingerprint density at radius 3 is 2.15 bits per heavy atom. The summed E-state index contributed by atoms with van der Waals surface area (Å²) in [5, 5.41) is 3.04. The summed E-state index contributed by atoms with van der Waals surface area (Å²) in [7, 11) is 0.274. The normalized spacial score (nSPS) is 20.4. The number of benzene rings is 2. The molecule has 4 aliphatic rings. The number of nitrogens with one attached hydrogen (secondary N) is 1. The van der Waals surface area contributed by atoms with E-state index in [9.17, 15) is 27.6 Å². The molecule has 15 heteroatoms. The van der Waals surface area contributed by atoms with Gasteiger partial charge in [-0.2, -0.15) is 0 Å². The highest BCUT2D eigenvalue weighted by atomic mass is 32.2. The first-order valence-electron chi connectivity index (χ1n) is 19.3. The average Bonchev–Trinajstić information content (AvgIpc) is 3.27. The summed E-state index contributed by atoms with van der Waals surface area (Å²) in [6, 6.07) is 11.6. The Balaban J connectivity index is 1.02. The van der Waals surface area contributed by atoms with Crippen molar-refractivity contribution >= 4 is 44.8 Å². The van der Waals surface area contributed by atoms with E-state index < -0.39 is 22.2 Å². The molecular formula is C39H53N7O7S.